The third kappa shape index (κ3) is 2.51. The van der Waals surface area contributed by atoms with Gasteiger partial charge in [0.1, 0.15) is 6.04 Å². The van der Waals surface area contributed by atoms with Crippen LogP contribution in [0.4, 0.5) is 0 Å². The van der Waals surface area contributed by atoms with Gasteiger partial charge in [0, 0.05) is 23.9 Å². The molecule has 1 aromatic carbocycles. The summed E-state index contributed by atoms with van der Waals surface area (Å²) in [6.07, 6.45) is 0.214. The Bertz CT molecular complexity index is 448. The average molecular weight is 270 g/mol. The van der Waals surface area contributed by atoms with E-state index >= 15 is 0 Å². The lowest BCUT2D eigenvalue weighted by atomic mass is 9.82. The van der Waals surface area contributed by atoms with Crippen LogP contribution in [0.5, 0.6) is 0 Å². The number of carboxylic acids is 1. The Morgan fingerprint density at radius 1 is 1.50 bits per heavy atom. The Kier molecular flexibility index (Phi) is 3.61. The quantitative estimate of drug-likeness (QED) is 0.780. The highest BCUT2D eigenvalue weighted by atomic mass is 35.5. The molecule has 0 aliphatic carbocycles. The van der Waals surface area contributed by atoms with Gasteiger partial charge in [-0.3, -0.25) is 4.79 Å². The topological polar surface area (TPSA) is 69.6 Å². The van der Waals surface area contributed by atoms with Gasteiger partial charge in [-0.2, -0.15) is 0 Å². The monoisotopic (exact) mass is 269 g/mol. The van der Waals surface area contributed by atoms with Gasteiger partial charge >= 0.3 is 5.97 Å². The zero-order chi connectivity index (χ0) is 13.3. The third-order valence-corrected chi connectivity index (χ3v) is 3.94. The zero-order valence-electron chi connectivity index (χ0n) is 10.1. The summed E-state index contributed by atoms with van der Waals surface area (Å²) in [5, 5.41) is 23.0. The first kappa shape index (κ1) is 13.3. The lowest BCUT2D eigenvalue weighted by Crippen LogP contribution is -2.37. The van der Waals surface area contributed by atoms with Crippen LogP contribution in [0.1, 0.15) is 24.8 Å². The maximum absolute atomic E-state index is 10.9. The van der Waals surface area contributed by atoms with Gasteiger partial charge in [0.05, 0.1) is 5.60 Å². The van der Waals surface area contributed by atoms with E-state index in [9.17, 15) is 9.90 Å². The van der Waals surface area contributed by atoms with Crippen molar-refractivity contribution in [3.05, 3.63) is 34.9 Å². The van der Waals surface area contributed by atoms with Crippen molar-refractivity contribution < 1.29 is 15.0 Å². The molecule has 0 radical (unpaired) electrons. The van der Waals surface area contributed by atoms with Crippen LogP contribution in [0.3, 0.4) is 0 Å². The number of nitrogens with one attached hydrogen (secondary N) is 1. The number of carboxylic acid groups (broad SMARTS) is 1. The Balaban J connectivity index is 2.16. The van der Waals surface area contributed by atoms with Gasteiger partial charge in [-0.1, -0.05) is 30.7 Å². The highest BCUT2D eigenvalue weighted by Gasteiger charge is 2.44. The van der Waals surface area contributed by atoms with Gasteiger partial charge in [0.2, 0.25) is 0 Å². The van der Waals surface area contributed by atoms with Crippen LogP contribution in [0.25, 0.3) is 0 Å². The summed E-state index contributed by atoms with van der Waals surface area (Å²) in [5.41, 5.74) is -0.0774. The van der Waals surface area contributed by atoms with E-state index in [4.69, 9.17) is 16.7 Å². The van der Waals surface area contributed by atoms with Crippen molar-refractivity contribution in [1.82, 2.24) is 5.32 Å². The standard InChI is InChI=1S/C13H16ClNO3/c1-8(9-2-4-10(14)5-3-9)13(18)6-11(12(16)17)15-7-13/h2-5,8,11,15,18H,6-7H2,1H3,(H,16,17)/t8?,11-,13?/m0/s1. The molecular formula is C13H16ClNO3. The first-order valence-electron chi connectivity index (χ1n) is 5.86. The predicted octanol–water partition coefficient (Wildman–Crippen LogP) is 1.62. The van der Waals surface area contributed by atoms with Crippen molar-refractivity contribution in [2.24, 2.45) is 0 Å². The molecule has 1 aromatic rings. The van der Waals surface area contributed by atoms with E-state index in [2.05, 4.69) is 5.32 Å². The maximum Gasteiger partial charge on any atom is 0.320 e. The predicted molar refractivity (Wildman–Crippen MR) is 68.9 cm³/mol. The molecule has 0 amide bonds. The lowest BCUT2D eigenvalue weighted by molar-refractivity contribution is -0.139. The average Bonchev–Trinajstić information content (AvgIpc) is 2.74. The number of halogens is 1. The zero-order valence-corrected chi connectivity index (χ0v) is 10.8. The molecule has 0 aromatic heterocycles. The number of hydrogen-bond donors (Lipinski definition) is 3. The molecule has 1 aliphatic heterocycles. The molecule has 3 N–H and O–H groups in total. The molecule has 1 aliphatic rings. The van der Waals surface area contributed by atoms with Crippen molar-refractivity contribution in [3.63, 3.8) is 0 Å². The minimum absolute atomic E-state index is 0.147. The molecule has 1 heterocycles. The van der Waals surface area contributed by atoms with Gasteiger partial charge in [-0.25, -0.2) is 0 Å². The second kappa shape index (κ2) is 4.88. The number of aliphatic hydroxyl groups is 1. The Morgan fingerprint density at radius 2 is 2.11 bits per heavy atom. The molecule has 1 fully saturated rings. The summed E-state index contributed by atoms with van der Waals surface area (Å²) < 4.78 is 0. The molecule has 0 saturated carbocycles. The van der Waals surface area contributed by atoms with E-state index in [1.807, 2.05) is 19.1 Å². The van der Waals surface area contributed by atoms with Gasteiger partial charge in [-0.15, -0.1) is 0 Å². The largest absolute Gasteiger partial charge is 0.480 e. The van der Waals surface area contributed by atoms with Crippen LogP contribution in [-0.2, 0) is 4.79 Å². The van der Waals surface area contributed by atoms with Crippen molar-refractivity contribution in [2.45, 2.75) is 30.9 Å². The molecule has 3 atom stereocenters. The van der Waals surface area contributed by atoms with Crippen molar-refractivity contribution in [1.29, 1.82) is 0 Å². The summed E-state index contributed by atoms with van der Waals surface area (Å²) >= 11 is 5.82. The van der Waals surface area contributed by atoms with E-state index in [1.165, 1.54) is 0 Å². The number of carbonyl (C=O) groups is 1. The second-order valence-electron chi connectivity index (χ2n) is 4.85. The fraction of sp³-hybridized carbons (Fsp3) is 0.462. The fourth-order valence-corrected chi connectivity index (χ4v) is 2.49. The van der Waals surface area contributed by atoms with Gasteiger partial charge < -0.3 is 15.5 Å². The SMILES string of the molecule is CC(c1ccc(Cl)cc1)C1(O)CN[C@H](C(=O)O)C1. The van der Waals surface area contributed by atoms with Crippen LogP contribution in [0.2, 0.25) is 5.02 Å². The van der Waals surface area contributed by atoms with Crippen LogP contribution in [0.15, 0.2) is 24.3 Å². The molecule has 98 valence electrons. The van der Waals surface area contributed by atoms with E-state index in [0.717, 1.165) is 5.56 Å². The fourth-order valence-electron chi connectivity index (χ4n) is 2.36. The van der Waals surface area contributed by atoms with E-state index < -0.39 is 17.6 Å². The summed E-state index contributed by atoms with van der Waals surface area (Å²) in [6, 6.07) is 6.59. The van der Waals surface area contributed by atoms with E-state index in [-0.39, 0.29) is 18.9 Å². The second-order valence-corrected chi connectivity index (χ2v) is 5.29. The summed E-state index contributed by atoms with van der Waals surface area (Å²) in [7, 11) is 0. The summed E-state index contributed by atoms with van der Waals surface area (Å²) in [5.74, 6) is -1.07. The van der Waals surface area contributed by atoms with E-state index in [0.29, 0.717) is 5.02 Å². The molecule has 2 unspecified atom stereocenters. The number of benzene rings is 1. The summed E-state index contributed by atoms with van der Waals surface area (Å²) in [4.78, 5) is 10.9. The molecule has 5 heteroatoms. The number of aliphatic carboxylic acids is 1. The minimum atomic E-state index is -1.03. The first-order chi connectivity index (χ1) is 8.42. The Hall–Kier alpha value is -1.10. The summed E-state index contributed by atoms with van der Waals surface area (Å²) in [6.45, 7) is 2.18. The van der Waals surface area contributed by atoms with Crippen molar-refractivity contribution in [2.75, 3.05) is 6.54 Å². The minimum Gasteiger partial charge on any atom is -0.480 e. The molecule has 1 saturated heterocycles. The smallest absolute Gasteiger partial charge is 0.320 e. The lowest BCUT2D eigenvalue weighted by Gasteiger charge is -2.29. The van der Waals surface area contributed by atoms with Crippen LogP contribution in [0, 0.1) is 0 Å². The molecular weight excluding hydrogens is 254 g/mol. The highest BCUT2D eigenvalue weighted by Crippen LogP contribution is 2.35. The Morgan fingerprint density at radius 3 is 2.61 bits per heavy atom. The molecule has 0 bridgehead atoms. The van der Waals surface area contributed by atoms with Crippen molar-refractivity contribution >= 4 is 17.6 Å². The maximum atomic E-state index is 10.9. The van der Waals surface area contributed by atoms with E-state index in [1.54, 1.807) is 12.1 Å². The molecule has 18 heavy (non-hydrogen) atoms. The molecule has 4 nitrogen and oxygen atoms in total. The third-order valence-electron chi connectivity index (χ3n) is 3.69. The highest BCUT2D eigenvalue weighted by molar-refractivity contribution is 6.30. The first-order valence-corrected chi connectivity index (χ1v) is 6.24. The van der Waals surface area contributed by atoms with Gasteiger partial charge in [0.25, 0.3) is 0 Å². The van der Waals surface area contributed by atoms with Gasteiger partial charge in [-0.05, 0) is 17.7 Å². The number of rotatable bonds is 3. The number of hydrogen-bond acceptors (Lipinski definition) is 3. The van der Waals surface area contributed by atoms with Crippen molar-refractivity contribution in [3.8, 4) is 0 Å². The number of β-amino-alcohol motifs (C(OH)–C–C–N with tert-alkyl or cyclic N) is 1. The normalized spacial score (nSPS) is 29.2. The molecule has 2 rings (SSSR count). The van der Waals surface area contributed by atoms with Crippen LogP contribution < -0.4 is 5.32 Å². The Labute approximate surface area is 111 Å². The van der Waals surface area contributed by atoms with Crippen LogP contribution in [-0.4, -0.2) is 34.4 Å². The van der Waals surface area contributed by atoms with Gasteiger partial charge in [0.15, 0.2) is 0 Å². The molecule has 0 spiro atoms. The van der Waals surface area contributed by atoms with Crippen LogP contribution >= 0.6 is 11.6 Å².